The first-order valence-corrected chi connectivity index (χ1v) is 19.9. The van der Waals surface area contributed by atoms with Crippen LogP contribution in [-0.2, 0) is 18.3 Å². The van der Waals surface area contributed by atoms with Crippen molar-refractivity contribution in [2.24, 2.45) is 0 Å². The van der Waals surface area contributed by atoms with Crippen molar-refractivity contribution in [3.8, 4) is 44.5 Å². The Morgan fingerprint density at radius 3 is 2.04 bits per heavy atom. The zero-order chi connectivity index (χ0) is 37.1. The molecule has 55 heavy (non-hydrogen) atoms. The van der Waals surface area contributed by atoms with Crippen LogP contribution in [0.2, 0.25) is 0 Å². The van der Waals surface area contributed by atoms with Gasteiger partial charge in [-0.25, -0.2) is 0 Å². The molecule has 0 saturated carbocycles. The standard InChI is InChI=1S/C54H45N/c1-36-15-13-25-49-52(36)47-34-32-42(35-50(47)54(49,2)3)55(41-30-27-40(28-31-41)44-24-14-20-37-18-7-9-21-43(37)44)51-26-12-11-23-48(51)53-45-22-10-8-19-39(45)29-33-46(53)38-16-5-4-6-17-38/h4-6,8,10-17,19-20,22-35H,7,9,18,21H2,1-3H3. The van der Waals surface area contributed by atoms with E-state index >= 15 is 0 Å². The highest BCUT2D eigenvalue weighted by Crippen LogP contribution is 2.53. The molecule has 0 fully saturated rings. The molecule has 0 amide bonds. The summed E-state index contributed by atoms with van der Waals surface area (Å²) in [7, 11) is 0. The second-order valence-corrected chi connectivity index (χ2v) is 16.0. The van der Waals surface area contributed by atoms with Crippen LogP contribution in [0.3, 0.4) is 0 Å². The van der Waals surface area contributed by atoms with Gasteiger partial charge in [0.05, 0.1) is 5.69 Å². The van der Waals surface area contributed by atoms with E-state index in [0.717, 1.165) is 23.5 Å². The first kappa shape index (κ1) is 33.4. The predicted octanol–water partition coefficient (Wildman–Crippen LogP) is 14.8. The fourth-order valence-corrected chi connectivity index (χ4v) is 9.67. The first-order chi connectivity index (χ1) is 27.0. The fourth-order valence-electron chi connectivity index (χ4n) is 9.67. The number of rotatable bonds is 6. The molecule has 1 nitrogen and oxygen atoms in total. The molecule has 0 saturated heterocycles. The molecule has 8 aromatic rings. The minimum Gasteiger partial charge on any atom is -0.310 e. The van der Waals surface area contributed by atoms with E-state index in [2.05, 4.69) is 196 Å². The van der Waals surface area contributed by atoms with E-state index in [9.17, 15) is 0 Å². The summed E-state index contributed by atoms with van der Waals surface area (Å²) < 4.78 is 0. The lowest BCUT2D eigenvalue weighted by Crippen LogP contribution is -2.17. The molecular formula is C54H45N. The SMILES string of the molecule is Cc1cccc2c1-c1ccc(N(c3ccc(-c4cccc5c4CCCC5)cc3)c3ccccc3-c3c(-c4ccccc4)ccc4ccccc34)cc1C2(C)C. The van der Waals surface area contributed by atoms with Gasteiger partial charge >= 0.3 is 0 Å². The Hall–Kier alpha value is -6.18. The van der Waals surface area contributed by atoms with Gasteiger partial charge in [-0.05, 0) is 140 Å². The zero-order valence-corrected chi connectivity index (χ0v) is 31.9. The number of nitrogens with zero attached hydrogens (tertiary/aromatic N) is 1. The second-order valence-electron chi connectivity index (χ2n) is 16.0. The van der Waals surface area contributed by atoms with Crippen molar-refractivity contribution in [2.45, 2.75) is 51.9 Å². The van der Waals surface area contributed by atoms with Crippen molar-refractivity contribution in [3.05, 3.63) is 198 Å². The van der Waals surface area contributed by atoms with Crippen LogP contribution in [0.25, 0.3) is 55.3 Å². The molecule has 1 heteroatoms. The van der Waals surface area contributed by atoms with Crippen LogP contribution >= 0.6 is 0 Å². The second kappa shape index (κ2) is 13.3. The van der Waals surface area contributed by atoms with Gasteiger partial charge in [-0.1, -0.05) is 153 Å². The van der Waals surface area contributed by atoms with E-state index in [1.165, 1.54) is 102 Å². The molecular weight excluding hydrogens is 663 g/mol. The average Bonchev–Trinajstić information content (AvgIpc) is 3.47. The molecule has 266 valence electrons. The summed E-state index contributed by atoms with van der Waals surface area (Å²) in [4.78, 5) is 2.50. The van der Waals surface area contributed by atoms with Crippen LogP contribution in [0.15, 0.2) is 170 Å². The average molecular weight is 708 g/mol. The Bertz CT molecular complexity index is 2730. The van der Waals surface area contributed by atoms with E-state index in [4.69, 9.17) is 0 Å². The molecule has 0 heterocycles. The Balaban J connectivity index is 1.20. The smallest absolute Gasteiger partial charge is 0.0540 e. The van der Waals surface area contributed by atoms with Crippen molar-refractivity contribution < 1.29 is 0 Å². The number of fused-ring (bicyclic) bond motifs is 5. The van der Waals surface area contributed by atoms with Gasteiger partial charge in [-0.15, -0.1) is 0 Å². The van der Waals surface area contributed by atoms with Crippen molar-refractivity contribution in [1.29, 1.82) is 0 Å². The minimum absolute atomic E-state index is 0.121. The number of aryl methyl sites for hydroxylation is 2. The monoisotopic (exact) mass is 707 g/mol. The largest absolute Gasteiger partial charge is 0.310 e. The van der Waals surface area contributed by atoms with Gasteiger partial charge < -0.3 is 4.90 Å². The van der Waals surface area contributed by atoms with Gasteiger partial charge in [0.15, 0.2) is 0 Å². The summed E-state index contributed by atoms with van der Waals surface area (Å²) in [6.07, 6.45) is 4.90. The lowest BCUT2D eigenvalue weighted by atomic mass is 9.82. The van der Waals surface area contributed by atoms with Crippen LogP contribution < -0.4 is 4.90 Å². The highest BCUT2D eigenvalue weighted by molar-refractivity contribution is 6.07. The van der Waals surface area contributed by atoms with Gasteiger partial charge in [-0.3, -0.25) is 0 Å². The van der Waals surface area contributed by atoms with Gasteiger partial charge in [0.25, 0.3) is 0 Å². The van der Waals surface area contributed by atoms with Crippen LogP contribution in [-0.4, -0.2) is 0 Å². The molecule has 2 aliphatic carbocycles. The highest BCUT2D eigenvalue weighted by Gasteiger charge is 2.37. The molecule has 10 rings (SSSR count). The normalized spacial score (nSPS) is 13.9. The maximum atomic E-state index is 2.50. The number of benzene rings is 8. The molecule has 2 aliphatic rings. The molecule has 0 unspecified atom stereocenters. The zero-order valence-electron chi connectivity index (χ0n) is 31.9. The maximum Gasteiger partial charge on any atom is 0.0540 e. The third-order valence-corrected chi connectivity index (χ3v) is 12.4. The topological polar surface area (TPSA) is 3.24 Å². The van der Waals surface area contributed by atoms with Gasteiger partial charge in [0.2, 0.25) is 0 Å². The highest BCUT2D eigenvalue weighted by atomic mass is 15.1. The molecule has 0 bridgehead atoms. The lowest BCUT2D eigenvalue weighted by Gasteiger charge is -2.30. The van der Waals surface area contributed by atoms with Crippen LogP contribution in [0.5, 0.6) is 0 Å². The van der Waals surface area contributed by atoms with E-state index < -0.39 is 0 Å². The number of anilines is 3. The third kappa shape index (κ3) is 5.52. The Morgan fingerprint density at radius 2 is 1.16 bits per heavy atom. The summed E-state index contributed by atoms with van der Waals surface area (Å²) >= 11 is 0. The van der Waals surface area contributed by atoms with Crippen LogP contribution in [0.1, 0.15) is 54.5 Å². The number of hydrogen-bond acceptors (Lipinski definition) is 1. The molecule has 0 aromatic heterocycles. The molecule has 0 atom stereocenters. The van der Waals surface area contributed by atoms with Crippen LogP contribution in [0, 0.1) is 6.92 Å². The van der Waals surface area contributed by atoms with Crippen LogP contribution in [0.4, 0.5) is 17.1 Å². The Labute approximate surface area is 325 Å². The molecule has 0 N–H and O–H groups in total. The van der Waals surface area contributed by atoms with Gasteiger partial charge in [0, 0.05) is 22.4 Å². The predicted molar refractivity (Wildman–Crippen MR) is 234 cm³/mol. The molecule has 0 aliphatic heterocycles. The summed E-state index contributed by atoms with van der Waals surface area (Å²) in [6.45, 7) is 7.02. The van der Waals surface area contributed by atoms with Crippen molar-refractivity contribution >= 4 is 27.8 Å². The number of para-hydroxylation sites is 1. The Kier molecular flexibility index (Phi) is 8.07. The Morgan fingerprint density at radius 1 is 0.473 bits per heavy atom. The van der Waals surface area contributed by atoms with E-state index in [1.807, 2.05) is 0 Å². The summed E-state index contributed by atoms with van der Waals surface area (Å²) in [5.74, 6) is 0. The molecule has 0 spiro atoms. The fraction of sp³-hybridized carbons (Fsp3) is 0.148. The minimum atomic E-state index is -0.121. The maximum absolute atomic E-state index is 2.50. The number of hydrogen-bond donors (Lipinski definition) is 0. The summed E-state index contributed by atoms with van der Waals surface area (Å²) in [5, 5.41) is 2.49. The van der Waals surface area contributed by atoms with E-state index in [-0.39, 0.29) is 5.41 Å². The van der Waals surface area contributed by atoms with Crippen molar-refractivity contribution in [1.82, 2.24) is 0 Å². The van der Waals surface area contributed by atoms with Gasteiger partial charge in [0.1, 0.15) is 0 Å². The third-order valence-electron chi connectivity index (χ3n) is 12.4. The van der Waals surface area contributed by atoms with Crippen molar-refractivity contribution in [2.75, 3.05) is 4.90 Å². The lowest BCUT2D eigenvalue weighted by molar-refractivity contribution is 0.660. The summed E-state index contributed by atoms with van der Waals surface area (Å²) in [5.41, 5.74) is 20.8. The molecule has 0 radical (unpaired) electrons. The summed E-state index contributed by atoms with van der Waals surface area (Å²) in [6, 6.07) is 63.5. The first-order valence-electron chi connectivity index (χ1n) is 19.9. The van der Waals surface area contributed by atoms with Gasteiger partial charge in [-0.2, -0.15) is 0 Å². The van der Waals surface area contributed by atoms with Crippen molar-refractivity contribution in [3.63, 3.8) is 0 Å². The van der Waals surface area contributed by atoms with E-state index in [0.29, 0.717) is 0 Å². The molecule has 8 aromatic carbocycles. The quantitative estimate of drug-likeness (QED) is 0.166. The van der Waals surface area contributed by atoms with E-state index in [1.54, 1.807) is 0 Å².